The van der Waals surface area contributed by atoms with Gasteiger partial charge in [-0.15, -0.1) is 0 Å². The van der Waals surface area contributed by atoms with Crippen LogP contribution in [-0.2, 0) is 11.0 Å². The molecule has 2 aliphatic rings. The molecule has 0 saturated heterocycles. The standard InChI is InChI=1S/C29H34Cl2F3N3O4/c1-16-9-20(30)23(21(31)10-16)22(38)15-36(14-17-11-27(2,3)12-17)25(39)19-13-35-37(24(19)29(32,33)34)18-5-7-28(4,8-6-18)26(40)41/h9-10,13,17-18H,5-8,11-12,14-15H2,1-4H3,(H,40,41). The SMILES string of the molecule is Cc1cc(Cl)c(C(=O)CN(CC2CC(C)(C)C2)C(=O)c2cnn(C3CCC(C)(C(=O)O)CC3)c2C(F)(F)F)c(Cl)c1. The molecule has 0 bridgehead atoms. The summed E-state index contributed by atoms with van der Waals surface area (Å²) in [5.41, 5.74) is -2.07. The zero-order chi connectivity index (χ0) is 30.5. The van der Waals surface area contributed by atoms with Gasteiger partial charge in [0.05, 0.1) is 45.4 Å². The number of aromatic nitrogens is 2. The lowest BCUT2D eigenvalue weighted by atomic mass is 9.64. The van der Waals surface area contributed by atoms with E-state index in [2.05, 4.69) is 18.9 Å². The van der Waals surface area contributed by atoms with E-state index in [4.69, 9.17) is 23.2 Å². The van der Waals surface area contributed by atoms with E-state index in [9.17, 15) is 32.7 Å². The molecule has 4 rings (SSSR count). The third-order valence-electron chi connectivity index (χ3n) is 8.46. The predicted molar refractivity (Wildman–Crippen MR) is 148 cm³/mol. The van der Waals surface area contributed by atoms with Gasteiger partial charge in [-0.3, -0.25) is 19.1 Å². The van der Waals surface area contributed by atoms with Crippen LogP contribution in [0.25, 0.3) is 0 Å². The van der Waals surface area contributed by atoms with Crippen molar-refractivity contribution in [2.45, 2.75) is 78.4 Å². The lowest BCUT2D eigenvalue weighted by molar-refractivity contribution is -0.152. The van der Waals surface area contributed by atoms with E-state index in [0.29, 0.717) is 0 Å². The molecular formula is C29H34Cl2F3N3O4. The van der Waals surface area contributed by atoms with Crippen LogP contribution in [-0.4, -0.2) is 50.5 Å². The maximum atomic E-state index is 14.5. The number of ketones is 1. The molecule has 2 aromatic rings. The summed E-state index contributed by atoms with van der Waals surface area (Å²) in [6.45, 7) is 7.07. The van der Waals surface area contributed by atoms with Crippen molar-refractivity contribution >= 4 is 40.9 Å². The fraction of sp³-hybridized carbons (Fsp3) is 0.586. The second-order valence-electron chi connectivity index (χ2n) is 12.6. The number of carbonyl (C=O) groups is 3. The molecule has 0 unspecified atom stereocenters. The molecule has 2 aliphatic carbocycles. The maximum Gasteiger partial charge on any atom is 0.433 e. The Labute approximate surface area is 247 Å². The van der Waals surface area contributed by atoms with Crippen LogP contribution in [0.4, 0.5) is 13.2 Å². The third-order valence-corrected chi connectivity index (χ3v) is 9.06. The van der Waals surface area contributed by atoms with Gasteiger partial charge in [-0.05, 0) is 81.4 Å². The molecule has 224 valence electrons. The number of Topliss-reactive ketones (excluding diaryl/α,β-unsaturated/α-hetero) is 1. The van der Waals surface area contributed by atoms with E-state index in [1.54, 1.807) is 26.0 Å². The summed E-state index contributed by atoms with van der Waals surface area (Å²) in [5.74, 6) is -2.50. The van der Waals surface area contributed by atoms with Crippen molar-refractivity contribution in [1.82, 2.24) is 14.7 Å². The van der Waals surface area contributed by atoms with Crippen molar-refractivity contribution in [2.75, 3.05) is 13.1 Å². The third kappa shape index (κ3) is 6.58. The molecule has 12 heteroatoms. The number of carboxylic acids is 1. The van der Waals surface area contributed by atoms with Gasteiger partial charge in [-0.2, -0.15) is 18.3 Å². The minimum absolute atomic E-state index is 0.0149. The predicted octanol–water partition coefficient (Wildman–Crippen LogP) is 7.48. The van der Waals surface area contributed by atoms with Crippen LogP contribution in [0, 0.1) is 23.7 Å². The zero-order valence-corrected chi connectivity index (χ0v) is 25.0. The Balaban J connectivity index is 1.66. The number of aliphatic carboxylic acids is 1. The molecule has 7 nitrogen and oxygen atoms in total. The molecule has 1 heterocycles. The highest BCUT2D eigenvalue weighted by atomic mass is 35.5. The van der Waals surface area contributed by atoms with E-state index >= 15 is 0 Å². The Kier molecular flexibility index (Phi) is 8.60. The second-order valence-corrected chi connectivity index (χ2v) is 13.4. The first-order valence-electron chi connectivity index (χ1n) is 13.6. The monoisotopic (exact) mass is 615 g/mol. The van der Waals surface area contributed by atoms with Crippen molar-refractivity contribution in [2.24, 2.45) is 16.7 Å². The molecule has 0 aliphatic heterocycles. The number of alkyl halides is 3. The van der Waals surface area contributed by atoms with Gasteiger partial charge in [0.2, 0.25) is 0 Å². The van der Waals surface area contributed by atoms with Crippen LogP contribution in [0.2, 0.25) is 10.0 Å². The Morgan fingerprint density at radius 1 is 1.10 bits per heavy atom. The summed E-state index contributed by atoms with van der Waals surface area (Å²) in [5, 5.41) is 13.7. The summed E-state index contributed by atoms with van der Waals surface area (Å²) in [6.07, 6.45) is -1.78. The number of halogens is 5. The first kappa shape index (κ1) is 31.3. The number of benzene rings is 1. The lowest BCUT2D eigenvalue weighted by Gasteiger charge is -2.44. The van der Waals surface area contributed by atoms with Gasteiger partial charge in [-0.1, -0.05) is 37.0 Å². The van der Waals surface area contributed by atoms with Crippen molar-refractivity contribution in [1.29, 1.82) is 0 Å². The van der Waals surface area contributed by atoms with Gasteiger partial charge in [0.15, 0.2) is 11.5 Å². The number of carbonyl (C=O) groups excluding carboxylic acids is 2. The number of carboxylic acid groups (broad SMARTS) is 1. The molecule has 2 saturated carbocycles. The molecule has 1 N–H and O–H groups in total. The summed E-state index contributed by atoms with van der Waals surface area (Å²) in [6, 6.07) is 2.41. The second kappa shape index (κ2) is 11.2. The van der Waals surface area contributed by atoms with Crippen LogP contribution in [0.1, 0.15) is 97.3 Å². The summed E-state index contributed by atoms with van der Waals surface area (Å²) in [4.78, 5) is 39.9. The molecule has 41 heavy (non-hydrogen) atoms. The van der Waals surface area contributed by atoms with Crippen LogP contribution in [0.15, 0.2) is 18.3 Å². The molecular weight excluding hydrogens is 582 g/mol. The zero-order valence-electron chi connectivity index (χ0n) is 23.4. The number of hydrogen-bond donors (Lipinski definition) is 1. The molecule has 1 aromatic heterocycles. The maximum absolute atomic E-state index is 14.5. The average Bonchev–Trinajstić information content (AvgIpc) is 3.27. The Morgan fingerprint density at radius 3 is 2.15 bits per heavy atom. The van der Waals surface area contributed by atoms with E-state index in [-0.39, 0.29) is 59.2 Å². The highest BCUT2D eigenvalue weighted by Crippen LogP contribution is 2.46. The molecule has 0 radical (unpaired) electrons. The summed E-state index contributed by atoms with van der Waals surface area (Å²) < 4.78 is 44.3. The molecule has 1 aromatic carbocycles. The van der Waals surface area contributed by atoms with Gasteiger partial charge in [0.1, 0.15) is 0 Å². The van der Waals surface area contributed by atoms with Crippen molar-refractivity contribution < 1.29 is 32.7 Å². The number of amides is 1. The minimum atomic E-state index is -4.91. The highest BCUT2D eigenvalue weighted by molar-refractivity contribution is 6.40. The van der Waals surface area contributed by atoms with Gasteiger partial charge in [-0.25, -0.2) is 0 Å². The van der Waals surface area contributed by atoms with Crippen LogP contribution < -0.4 is 0 Å². The molecule has 2 fully saturated rings. The van der Waals surface area contributed by atoms with Gasteiger partial charge < -0.3 is 10.0 Å². The fourth-order valence-electron chi connectivity index (χ4n) is 6.33. The molecule has 1 amide bonds. The Morgan fingerprint density at radius 2 is 1.66 bits per heavy atom. The first-order valence-corrected chi connectivity index (χ1v) is 14.3. The molecule has 0 atom stereocenters. The lowest BCUT2D eigenvalue weighted by Crippen LogP contribution is -2.45. The van der Waals surface area contributed by atoms with Gasteiger partial charge >= 0.3 is 12.1 Å². The normalized spacial score (nSPS) is 22.7. The Bertz CT molecular complexity index is 1330. The first-order chi connectivity index (χ1) is 18.9. The van der Waals surface area contributed by atoms with E-state index in [1.807, 2.05) is 0 Å². The van der Waals surface area contributed by atoms with Crippen LogP contribution >= 0.6 is 23.2 Å². The number of rotatable bonds is 8. The largest absolute Gasteiger partial charge is 0.481 e. The quantitative estimate of drug-likeness (QED) is 0.311. The van der Waals surface area contributed by atoms with Crippen LogP contribution in [0.3, 0.4) is 0 Å². The molecule has 0 spiro atoms. The van der Waals surface area contributed by atoms with Crippen molar-refractivity contribution in [3.8, 4) is 0 Å². The van der Waals surface area contributed by atoms with E-state index in [0.717, 1.165) is 34.2 Å². The highest BCUT2D eigenvalue weighted by Gasteiger charge is 2.46. The van der Waals surface area contributed by atoms with Crippen molar-refractivity contribution in [3.05, 3.63) is 50.8 Å². The van der Waals surface area contributed by atoms with Gasteiger partial charge in [0, 0.05) is 6.54 Å². The van der Waals surface area contributed by atoms with Crippen LogP contribution in [0.5, 0.6) is 0 Å². The minimum Gasteiger partial charge on any atom is -0.481 e. The summed E-state index contributed by atoms with van der Waals surface area (Å²) >= 11 is 12.6. The van der Waals surface area contributed by atoms with Gasteiger partial charge in [0.25, 0.3) is 5.91 Å². The van der Waals surface area contributed by atoms with E-state index in [1.165, 1.54) is 0 Å². The number of nitrogens with zero attached hydrogens (tertiary/aromatic N) is 3. The fourth-order valence-corrected chi connectivity index (χ4v) is 7.14. The number of hydrogen-bond acceptors (Lipinski definition) is 4. The van der Waals surface area contributed by atoms with Crippen molar-refractivity contribution in [3.63, 3.8) is 0 Å². The Hall–Kier alpha value is -2.59. The smallest absolute Gasteiger partial charge is 0.433 e. The van der Waals surface area contributed by atoms with E-state index < -0.39 is 53.1 Å². The average molecular weight is 617 g/mol. The topological polar surface area (TPSA) is 92.5 Å². The number of aryl methyl sites for hydroxylation is 1. The summed E-state index contributed by atoms with van der Waals surface area (Å²) in [7, 11) is 0.